The van der Waals surface area contributed by atoms with Gasteiger partial charge in [0, 0.05) is 65.4 Å². The molecule has 0 spiro atoms. The number of hydrogen-bond donors (Lipinski definition) is 2. The molecule has 0 atom stereocenters. The van der Waals surface area contributed by atoms with E-state index >= 15 is 0 Å². The Labute approximate surface area is 396 Å². The third kappa shape index (κ3) is 47.7. The summed E-state index contributed by atoms with van der Waals surface area (Å²) in [6.45, 7) is -6.00. The average Bonchev–Trinajstić information content (AvgIpc) is 2.72. The number of nitrogens with zero attached hydrogens (tertiary/aromatic N) is 4. The first kappa shape index (κ1) is 65.9. The van der Waals surface area contributed by atoms with Gasteiger partial charge in [0.25, 0.3) is 0 Å². The maximum absolute atomic E-state index is 10.5. The van der Waals surface area contributed by atoms with E-state index in [0.717, 1.165) is 19.6 Å². The van der Waals surface area contributed by atoms with Crippen molar-refractivity contribution in [3.8, 4) is 0 Å². The van der Waals surface area contributed by atoms with Crippen LogP contribution in [0.15, 0.2) is 0 Å². The van der Waals surface area contributed by atoms with Gasteiger partial charge >= 0.3 is 189 Å². The molecule has 20 nitrogen and oxygen atoms in total. The van der Waals surface area contributed by atoms with Gasteiger partial charge in [-0.3, -0.25) is 29.2 Å². The van der Waals surface area contributed by atoms with Gasteiger partial charge in [0.05, 0.1) is 48.9 Å². The number of aliphatic carboxylic acids is 8. The van der Waals surface area contributed by atoms with Crippen molar-refractivity contribution >= 4 is 47.8 Å². The van der Waals surface area contributed by atoms with Crippen LogP contribution in [0.25, 0.3) is 0 Å². The van der Waals surface area contributed by atoms with Crippen molar-refractivity contribution < 1.29 is 257 Å². The zero-order chi connectivity index (χ0) is 31.4. The van der Waals surface area contributed by atoms with Crippen molar-refractivity contribution in [2.24, 2.45) is 0 Å². The van der Waals surface area contributed by atoms with E-state index < -0.39 is 100 Å². The molecule has 2 N–H and O–H groups in total. The summed E-state index contributed by atoms with van der Waals surface area (Å²) >= 11 is 0. The Balaban J connectivity index is -0.0000000926. The topological polar surface area (TPSA) is 328 Å². The van der Waals surface area contributed by atoms with Gasteiger partial charge in [-0.15, -0.1) is 0 Å². The van der Waals surface area contributed by atoms with Crippen molar-refractivity contribution in [3.63, 3.8) is 0 Å². The second-order valence-electron chi connectivity index (χ2n) is 7.86. The van der Waals surface area contributed by atoms with Crippen molar-refractivity contribution in [1.29, 1.82) is 0 Å². The first-order valence-corrected chi connectivity index (χ1v) is 10.9. The predicted octanol–water partition coefficient (Wildman–Crippen LogP) is -30.1. The zero-order valence-corrected chi connectivity index (χ0v) is 38.9. The molecule has 0 saturated heterocycles. The van der Waals surface area contributed by atoms with Gasteiger partial charge in [-0.1, -0.05) is 0 Å². The maximum Gasteiger partial charge on any atom is 1.00 e. The summed E-state index contributed by atoms with van der Waals surface area (Å²) in [5.41, 5.74) is 0. The monoisotopic (exact) mass is 716 g/mol. The van der Waals surface area contributed by atoms with Crippen LogP contribution >= 0.6 is 0 Å². The summed E-state index contributed by atoms with van der Waals surface area (Å²) in [6, 6.07) is 0. The van der Waals surface area contributed by atoms with Gasteiger partial charge in [-0.2, -0.15) is 0 Å². The Morgan fingerprint density at radius 1 is 0.326 bits per heavy atom. The third-order valence-electron chi connectivity index (χ3n) is 4.30. The normalized spacial score (nSPS) is 9.30. The Morgan fingerprint density at radius 3 is 0.565 bits per heavy atom. The third-order valence-corrected chi connectivity index (χ3v) is 4.30. The first-order valence-electron chi connectivity index (χ1n) is 10.9. The molecule has 0 radical (unpaired) electrons. The van der Waals surface area contributed by atoms with Crippen LogP contribution in [0.5, 0.6) is 0 Å². The molecule has 0 fully saturated rings. The van der Waals surface area contributed by atoms with Gasteiger partial charge in [0.15, 0.2) is 0 Å². The fourth-order valence-corrected chi connectivity index (χ4v) is 2.90. The summed E-state index contributed by atoms with van der Waals surface area (Å²) in [6.07, 6.45) is 0. The minimum Gasteiger partial charge on any atom is -0.549 e. The van der Waals surface area contributed by atoms with Crippen LogP contribution in [-0.2, 0) is 38.4 Å². The SMILES string of the molecule is O=C([O-])CN(CCN(CC(=O)O)CC(=O)O)CC(=O)[O-].O=C([O-])CN(CCN(CC(=O)[O-])CC(=O)[O-])CC(=O)[O-].[Na+].[Na+].[Na+].[Na+].[Na+].[Na+]. The molecule has 0 bridgehead atoms. The van der Waals surface area contributed by atoms with Crippen LogP contribution in [0.3, 0.4) is 0 Å². The second-order valence-corrected chi connectivity index (χ2v) is 7.86. The molecule has 0 aliphatic heterocycles. The van der Waals surface area contributed by atoms with Gasteiger partial charge in [0.1, 0.15) is 0 Å². The quantitative estimate of drug-likeness (QED) is 0.0982. The van der Waals surface area contributed by atoms with Crippen LogP contribution in [-0.4, -0.2) is 156 Å². The minimum atomic E-state index is -1.53. The van der Waals surface area contributed by atoms with E-state index in [1.165, 1.54) is 0 Å². The van der Waals surface area contributed by atoms with Gasteiger partial charge < -0.3 is 69.6 Å². The maximum atomic E-state index is 10.5. The van der Waals surface area contributed by atoms with Crippen molar-refractivity contribution in [2.45, 2.75) is 0 Å². The molecule has 0 heterocycles. The van der Waals surface area contributed by atoms with E-state index in [1.807, 2.05) is 0 Å². The summed E-state index contributed by atoms with van der Waals surface area (Å²) in [5.74, 6) is -11.6. The molecule has 0 saturated carbocycles. The Morgan fingerprint density at radius 2 is 0.457 bits per heavy atom. The summed E-state index contributed by atoms with van der Waals surface area (Å²) in [4.78, 5) is 87.3. The molecular weight excluding hydrogens is 690 g/mol. The molecule has 0 aromatic heterocycles. The standard InChI is InChI=1S/2C10H16N2O8.6Na/c2*13-7(14)3-11(4-8(15)16)1-2-12(5-9(17)18)6-10(19)20;;;;;;/h2*1-6H2,(H,13,14)(H,15,16)(H,17,18)(H,19,20);;;;;;/q;;6*+1/p-6. The van der Waals surface area contributed by atoms with Gasteiger partial charge in [-0.25, -0.2) is 0 Å². The van der Waals surface area contributed by atoms with Crippen LogP contribution in [0.1, 0.15) is 0 Å². The molecule has 0 aliphatic rings. The molecule has 0 aromatic rings. The first-order chi connectivity index (χ1) is 18.4. The Kier molecular flexibility index (Phi) is 56.4. The zero-order valence-electron chi connectivity index (χ0n) is 26.9. The number of carboxylic acid groups (broad SMARTS) is 8. The van der Waals surface area contributed by atoms with Gasteiger partial charge in [-0.05, 0) is 0 Å². The fourth-order valence-electron chi connectivity index (χ4n) is 2.90. The molecular formula is C20H26N4Na6O16. The van der Waals surface area contributed by atoms with E-state index in [9.17, 15) is 69.0 Å². The van der Waals surface area contributed by atoms with E-state index in [2.05, 4.69) is 0 Å². The number of carbonyl (C=O) groups excluding carboxylic acids is 6. The van der Waals surface area contributed by atoms with Gasteiger partial charge in [0.2, 0.25) is 0 Å². The average molecular weight is 716 g/mol. The second kappa shape index (κ2) is 39.4. The van der Waals surface area contributed by atoms with E-state index in [4.69, 9.17) is 10.2 Å². The largest absolute Gasteiger partial charge is 1.00 e. The molecule has 0 amide bonds. The van der Waals surface area contributed by atoms with Crippen molar-refractivity contribution in [2.75, 3.05) is 78.5 Å². The molecule has 0 aromatic carbocycles. The number of carbonyl (C=O) groups is 8. The van der Waals surface area contributed by atoms with E-state index in [0.29, 0.717) is 0 Å². The van der Waals surface area contributed by atoms with Crippen LogP contribution < -0.4 is 208 Å². The summed E-state index contributed by atoms with van der Waals surface area (Å²) < 4.78 is 0. The van der Waals surface area contributed by atoms with E-state index in [-0.39, 0.29) is 204 Å². The Hall–Kier alpha value is 1.60. The molecule has 228 valence electrons. The molecule has 26 heteroatoms. The minimum absolute atomic E-state index is 0. The van der Waals surface area contributed by atoms with Crippen LogP contribution in [0, 0.1) is 0 Å². The molecule has 0 rings (SSSR count). The number of carboxylic acids is 8. The number of hydrogen-bond acceptors (Lipinski definition) is 18. The van der Waals surface area contributed by atoms with Crippen LogP contribution in [0.4, 0.5) is 0 Å². The van der Waals surface area contributed by atoms with Crippen molar-refractivity contribution in [3.05, 3.63) is 0 Å². The molecule has 46 heavy (non-hydrogen) atoms. The molecule has 0 unspecified atom stereocenters. The summed E-state index contributed by atoms with van der Waals surface area (Å²) in [5, 5.41) is 79.7. The van der Waals surface area contributed by atoms with Crippen LogP contribution in [0.2, 0.25) is 0 Å². The predicted molar refractivity (Wildman–Crippen MR) is 111 cm³/mol. The number of rotatable bonds is 22. The summed E-state index contributed by atoms with van der Waals surface area (Å²) in [7, 11) is 0. The van der Waals surface area contributed by atoms with E-state index in [1.54, 1.807) is 0 Å². The Bertz CT molecular complexity index is 729. The molecule has 0 aliphatic carbocycles. The van der Waals surface area contributed by atoms with Crippen molar-refractivity contribution in [1.82, 2.24) is 19.6 Å². The smallest absolute Gasteiger partial charge is 0.549 e. The fraction of sp³-hybridized carbons (Fsp3) is 0.600.